The fourth-order valence-electron chi connectivity index (χ4n) is 1.36. The Morgan fingerprint density at radius 2 is 1.94 bits per heavy atom. The van der Waals surface area contributed by atoms with Crippen LogP contribution in [0.1, 0.15) is 26.7 Å². The minimum absolute atomic E-state index is 0.156. The monoisotopic (exact) mass is 236 g/mol. The first kappa shape index (κ1) is 13.1. The highest BCUT2D eigenvalue weighted by molar-refractivity contribution is 7.99. The summed E-state index contributed by atoms with van der Waals surface area (Å²) in [4.78, 5) is 1.31. The minimum Gasteiger partial charge on any atom is -0.387 e. The normalized spacial score (nSPS) is 11.4. The van der Waals surface area contributed by atoms with Gasteiger partial charge in [0.1, 0.15) is 0 Å². The summed E-state index contributed by atoms with van der Waals surface area (Å²) >= 11 is 1.86. The lowest BCUT2D eigenvalue weighted by Gasteiger charge is -2.22. The van der Waals surface area contributed by atoms with E-state index in [2.05, 4.69) is 24.3 Å². The van der Waals surface area contributed by atoms with Crippen LogP contribution in [0.2, 0.25) is 0 Å². The van der Waals surface area contributed by atoms with Crippen LogP contribution in [0.4, 0.5) is 0 Å². The number of rotatable bonds is 6. The lowest BCUT2D eigenvalue weighted by molar-refractivity contribution is 0.464. The van der Waals surface area contributed by atoms with Crippen molar-refractivity contribution >= 4 is 17.6 Å². The molecule has 0 unspecified atom stereocenters. The molecule has 0 amide bonds. The van der Waals surface area contributed by atoms with Gasteiger partial charge >= 0.3 is 0 Å². The summed E-state index contributed by atoms with van der Waals surface area (Å²) < 4.78 is 0. The Kier molecular flexibility index (Phi) is 4.87. The molecule has 0 saturated carbocycles. The van der Waals surface area contributed by atoms with Crippen molar-refractivity contribution in [2.24, 2.45) is 11.1 Å². The first-order valence-electron chi connectivity index (χ1n) is 5.55. The Balaban J connectivity index is 2.25. The zero-order chi connectivity index (χ0) is 12.0. The first-order chi connectivity index (χ1) is 7.52. The highest BCUT2D eigenvalue weighted by Gasteiger charge is 2.20. The van der Waals surface area contributed by atoms with Crippen molar-refractivity contribution in [3.63, 3.8) is 0 Å². The van der Waals surface area contributed by atoms with Gasteiger partial charge in [-0.1, -0.05) is 32.0 Å². The summed E-state index contributed by atoms with van der Waals surface area (Å²) in [5.74, 6) is 1.37. The van der Waals surface area contributed by atoms with Crippen molar-refractivity contribution in [1.82, 2.24) is 0 Å². The molecule has 0 radical (unpaired) electrons. The van der Waals surface area contributed by atoms with E-state index in [0.29, 0.717) is 0 Å². The van der Waals surface area contributed by atoms with Crippen molar-refractivity contribution < 1.29 is 0 Å². The van der Waals surface area contributed by atoms with Gasteiger partial charge in [-0.25, -0.2) is 0 Å². The lowest BCUT2D eigenvalue weighted by Crippen LogP contribution is -2.30. The van der Waals surface area contributed by atoms with Crippen LogP contribution in [-0.4, -0.2) is 11.6 Å². The Bertz CT molecular complexity index is 333. The largest absolute Gasteiger partial charge is 0.387 e. The van der Waals surface area contributed by atoms with Gasteiger partial charge in [0.25, 0.3) is 0 Å². The average molecular weight is 236 g/mol. The molecule has 1 aromatic rings. The number of benzene rings is 1. The number of hydrogen-bond acceptors (Lipinski definition) is 2. The van der Waals surface area contributed by atoms with E-state index < -0.39 is 0 Å². The third-order valence-electron chi connectivity index (χ3n) is 2.69. The van der Waals surface area contributed by atoms with Crippen LogP contribution in [0.15, 0.2) is 35.2 Å². The van der Waals surface area contributed by atoms with Gasteiger partial charge in [-0.2, -0.15) is 0 Å². The molecule has 16 heavy (non-hydrogen) atoms. The predicted molar refractivity (Wildman–Crippen MR) is 72.1 cm³/mol. The van der Waals surface area contributed by atoms with E-state index in [0.717, 1.165) is 18.6 Å². The van der Waals surface area contributed by atoms with E-state index in [1.165, 1.54) is 4.90 Å². The summed E-state index contributed by atoms with van der Waals surface area (Å²) in [5.41, 5.74) is 5.38. The van der Waals surface area contributed by atoms with Gasteiger partial charge in [0.2, 0.25) is 0 Å². The van der Waals surface area contributed by atoms with Crippen LogP contribution in [0, 0.1) is 10.8 Å². The smallest absolute Gasteiger partial charge is 0.0963 e. The quantitative estimate of drug-likeness (QED) is 0.343. The maximum absolute atomic E-state index is 7.47. The molecule has 1 aromatic carbocycles. The van der Waals surface area contributed by atoms with E-state index in [-0.39, 0.29) is 11.3 Å². The molecular weight excluding hydrogens is 216 g/mol. The van der Waals surface area contributed by atoms with Crippen LogP contribution in [0.25, 0.3) is 0 Å². The molecule has 0 aliphatic heterocycles. The van der Waals surface area contributed by atoms with Crippen LogP contribution >= 0.6 is 11.8 Å². The second-order valence-corrected chi connectivity index (χ2v) is 5.73. The molecule has 0 atom stereocenters. The molecule has 0 aliphatic rings. The average Bonchev–Trinajstić information content (AvgIpc) is 2.26. The Morgan fingerprint density at radius 3 is 2.50 bits per heavy atom. The molecule has 88 valence electrons. The van der Waals surface area contributed by atoms with E-state index in [1.807, 2.05) is 31.7 Å². The fourth-order valence-corrected chi connectivity index (χ4v) is 2.23. The zero-order valence-corrected chi connectivity index (χ0v) is 10.8. The van der Waals surface area contributed by atoms with Gasteiger partial charge in [0.05, 0.1) is 5.84 Å². The summed E-state index contributed by atoms with van der Waals surface area (Å²) in [6.07, 6.45) is 2.06. The molecule has 0 heterocycles. The molecule has 0 aliphatic carbocycles. The van der Waals surface area contributed by atoms with Crippen molar-refractivity contribution in [1.29, 1.82) is 5.41 Å². The van der Waals surface area contributed by atoms with E-state index in [9.17, 15) is 0 Å². The molecule has 3 heteroatoms. The van der Waals surface area contributed by atoms with Gasteiger partial charge < -0.3 is 5.73 Å². The highest BCUT2D eigenvalue weighted by Crippen LogP contribution is 2.25. The van der Waals surface area contributed by atoms with Crippen LogP contribution < -0.4 is 5.73 Å². The molecule has 0 fully saturated rings. The second kappa shape index (κ2) is 5.94. The van der Waals surface area contributed by atoms with E-state index in [1.54, 1.807) is 0 Å². The number of nitrogens with two attached hydrogens (primary N) is 1. The standard InChI is InChI=1S/C13H20N2S/c1-13(2,12(14)15)9-6-10-16-11-7-4-3-5-8-11/h3-5,7-8H,6,9-10H2,1-2H3,(H3,14,15). The number of nitrogens with one attached hydrogen (secondary N) is 1. The highest BCUT2D eigenvalue weighted by atomic mass is 32.2. The fraction of sp³-hybridized carbons (Fsp3) is 0.462. The predicted octanol–water partition coefficient (Wildman–Crippen LogP) is 3.52. The SMILES string of the molecule is CC(C)(CCCSc1ccccc1)C(=N)N. The topological polar surface area (TPSA) is 49.9 Å². The summed E-state index contributed by atoms with van der Waals surface area (Å²) in [5, 5.41) is 7.47. The number of amidine groups is 1. The zero-order valence-electron chi connectivity index (χ0n) is 9.99. The van der Waals surface area contributed by atoms with Crippen molar-refractivity contribution in [3.05, 3.63) is 30.3 Å². The second-order valence-electron chi connectivity index (χ2n) is 4.56. The molecule has 0 spiro atoms. The van der Waals surface area contributed by atoms with Gasteiger partial charge in [0, 0.05) is 10.3 Å². The van der Waals surface area contributed by atoms with E-state index >= 15 is 0 Å². The number of hydrogen-bond donors (Lipinski definition) is 2. The van der Waals surface area contributed by atoms with Gasteiger partial charge in [-0.3, -0.25) is 5.41 Å². The van der Waals surface area contributed by atoms with E-state index in [4.69, 9.17) is 11.1 Å². The van der Waals surface area contributed by atoms with Crippen molar-refractivity contribution in [2.75, 3.05) is 5.75 Å². The minimum atomic E-state index is -0.156. The van der Waals surface area contributed by atoms with Crippen LogP contribution in [0.5, 0.6) is 0 Å². The van der Waals surface area contributed by atoms with Crippen molar-refractivity contribution in [2.45, 2.75) is 31.6 Å². The molecule has 0 aromatic heterocycles. The molecule has 1 rings (SSSR count). The summed E-state index contributed by atoms with van der Waals surface area (Å²) in [7, 11) is 0. The number of thioether (sulfide) groups is 1. The summed E-state index contributed by atoms with van der Waals surface area (Å²) in [6.45, 7) is 4.06. The molecule has 3 N–H and O–H groups in total. The van der Waals surface area contributed by atoms with Crippen LogP contribution in [-0.2, 0) is 0 Å². The lowest BCUT2D eigenvalue weighted by atomic mass is 9.87. The first-order valence-corrected chi connectivity index (χ1v) is 6.53. The Hall–Kier alpha value is -0.960. The summed E-state index contributed by atoms with van der Waals surface area (Å²) in [6, 6.07) is 10.4. The Labute approximate surface area is 102 Å². The van der Waals surface area contributed by atoms with Crippen molar-refractivity contribution in [3.8, 4) is 0 Å². The van der Waals surface area contributed by atoms with Gasteiger partial charge in [-0.15, -0.1) is 11.8 Å². The Morgan fingerprint density at radius 1 is 1.31 bits per heavy atom. The molecular formula is C13H20N2S. The van der Waals surface area contributed by atoms with Gasteiger partial charge in [-0.05, 0) is 30.7 Å². The third-order valence-corrected chi connectivity index (χ3v) is 3.79. The van der Waals surface area contributed by atoms with Crippen LogP contribution in [0.3, 0.4) is 0 Å². The van der Waals surface area contributed by atoms with Gasteiger partial charge in [0.15, 0.2) is 0 Å². The maximum Gasteiger partial charge on any atom is 0.0963 e. The molecule has 0 bridgehead atoms. The molecule has 2 nitrogen and oxygen atoms in total. The molecule has 0 saturated heterocycles. The maximum atomic E-state index is 7.47. The third kappa shape index (κ3) is 4.27.